The van der Waals surface area contributed by atoms with Crippen molar-refractivity contribution in [2.75, 3.05) is 39.5 Å². The third kappa shape index (κ3) is 4.47. The predicted molar refractivity (Wildman–Crippen MR) is 69.8 cm³/mol. The second-order valence-electron chi connectivity index (χ2n) is 4.46. The summed E-state index contributed by atoms with van der Waals surface area (Å²) >= 11 is 0. The minimum absolute atomic E-state index is 0.205. The van der Waals surface area contributed by atoms with Gasteiger partial charge in [-0.15, -0.1) is 0 Å². The Bertz CT molecular complexity index is 458. The Morgan fingerprint density at radius 1 is 1.28 bits per heavy atom. The lowest BCUT2D eigenvalue weighted by Gasteiger charge is -2.26. The first-order valence-corrected chi connectivity index (χ1v) is 8.95. The standard InChI is InChI=1S/C9H21N3O4S2/c1-11(2)18(15,16)10-6-5-8-12-7-3-4-9-17(12,13)14/h10H,3-9H2,1-2H3. The molecule has 18 heavy (non-hydrogen) atoms. The first-order chi connectivity index (χ1) is 8.26. The van der Waals surface area contributed by atoms with Crippen molar-refractivity contribution >= 4 is 20.2 Å². The van der Waals surface area contributed by atoms with Gasteiger partial charge in [0.15, 0.2) is 0 Å². The van der Waals surface area contributed by atoms with Crippen molar-refractivity contribution in [3.63, 3.8) is 0 Å². The summed E-state index contributed by atoms with van der Waals surface area (Å²) < 4.78 is 51.0. The van der Waals surface area contributed by atoms with Gasteiger partial charge in [-0.2, -0.15) is 12.7 Å². The average molecular weight is 299 g/mol. The Kier molecular flexibility index (Phi) is 5.53. The van der Waals surface area contributed by atoms with Gasteiger partial charge in [0.25, 0.3) is 10.2 Å². The van der Waals surface area contributed by atoms with Gasteiger partial charge < -0.3 is 0 Å². The van der Waals surface area contributed by atoms with Gasteiger partial charge in [0.1, 0.15) is 0 Å². The summed E-state index contributed by atoms with van der Waals surface area (Å²) in [5.41, 5.74) is 0. The van der Waals surface area contributed by atoms with E-state index in [1.165, 1.54) is 18.4 Å². The van der Waals surface area contributed by atoms with Crippen LogP contribution in [0.5, 0.6) is 0 Å². The van der Waals surface area contributed by atoms with Crippen LogP contribution in [-0.2, 0) is 20.2 Å². The van der Waals surface area contributed by atoms with Gasteiger partial charge in [0, 0.05) is 33.7 Å². The molecule has 1 aliphatic rings. The Hall–Kier alpha value is -0.220. The number of sulfonamides is 1. The molecule has 1 saturated heterocycles. The fourth-order valence-electron chi connectivity index (χ4n) is 1.68. The largest absolute Gasteiger partial charge is 0.278 e. The summed E-state index contributed by atoms with van der Waals surface area (Å²) in [5.74, 6) is 0.205. The number of nitrogens with one attached hydrogen (secondary N) is 1. The smallest absolute Gasteiger partial charge is 0.212 e. The molecule has 0 radical (unpaired) electrons. The van der Waals surface area contributed by atoms with Crippen LogP contribution < -0.4 is 4.72 Å². The Morgan fingerprint density at radius 2 is 1.94 bits per heavy atom. The topological polar surface area (TPSA) is 86.8 Å². The first-order valence-electron chi connectivity index (χ1n) is 5.91. The van der Waals surface area contributed by atoms with Gasteiger partial charge in [-0.1, -0.05) is 0 Å². The summed E-state index contributed by atoms with van der Waals surface area (Å²) in [4.78, 5) is 0. The van der Waals surface area contributed by atoms with Crippen LogP contribution in [0.15, 0.2) is 0 Å². The van der Waals surface area contributed by atoms with Crippen molar-refractivity contribution < 1.29 is 16.8 Å². The second kappa shape index (κ2) is 6.29. The van der Waals surface area contributed by atoms with E-state index in [1.54, 1.807) is 0 Å². The van der Waals surface area contributed by atoms with Crippen molar-refractivity contribution in [1.29, 1.82) is 0 Å². The molecule has 0 aromatic carbocycles. The average Bonchev–Trinajstić information content (AvgIpc) is 2.25. The predicted octanol–water partition coefficient (Wildman–Crippen LogP) is -0.802. The van der Waals surface area contributed by atoms with E-state index in [1.807, 2.05) is 0 Å². The van der Waals surface area contributed by atoms with Crippen molar-refractivity contribution in [1.82, 2.24) is 13.3 Å². The van der Waals surface area contributed by atoms with E-state index in [2.05, 4.69) is 4.72 Å². The van der Waals surface area contributed by atoms with Crippen LogP contribution >= 0.6 is 0 Å². The summed E-state index contributed by atoms with van der Waals surface area (Å²) in [5, 5.41) is 0. The van der Waals surface area contributed by atoms with E-state index in [0.29, 0.717) is 25.9 Å². The first kappa shape index (κ1) is 15.8. The lowest BCUT2D eigenvalue weighted by Crippen LogP contribution is -2.40. The number of nitrogens with zero attached hydrogens (tertiary/aromatic N) is 2. The van der Waals surface area contributed by atoms with Crippen molar-refractivity contribution in [2.45, 2.75) is 19.3 Å². The van der Waals surface area contributed by atoms with Gasteiger partial charge in [-0.3, -0.25) is 0 Å². The maximum absolute atomic E-state index is 11.7. The summed E-state index contributed by atoms with van der Waals surface area (Å²) in [7, 11) is -3.64. The lowest BCUT2D eigenvalue weighted by molar-refractivity contribution is 0.378. The molecule has 1 heterocycles. The highest BCUT2D eigenvalue weighted by atomic mass is 32.2. The zero-order valence-electron chi connectivity index (χ0n) is 10.8. The van der Waals surface area contributed by atoms with Crippen molar-refractivity contribution in [3.05, 3.63) is 0 Å². The maximum Gasteiger partial charge on any atom is 0.278 e. The van der Waals surface area contributed by atoms with Gasteiger partial charge in [0.05, 0.1) is 5.75 Å². The lowest BCUT2D eigenvalue weighted by atomic mass is 10.3. The highest BCUT2D eigenvalue weighted by molar-refractivity contribution is 7.89. The molecule has 7 nitrogen and oxygen atoms in total. The summed E-state index contributed by atoms with van der Waals surface area (Å²) in [6.07, 6.45) is 2.07. The molecule has 0 atom stereocenters. The molecular formula is C9H21N3O4S2. The minimum Gasteiger partial charge on any atom is -0.212 e. The van der Waals surface area contributed by atoms with E-state index >= 15 is 0 Å². The van der Waals surface area contributed by atoms with Crippen molar-refractivity contribution in [2.24, 2.45) is 0 Å². The van der Waals surface area contributed by atoms with Gasteiger partial charge in [-0.25, -0.2) is 17.4 Å². The number of hydrogen-bond acceptors (Lipinski definition) is 4. The molecule has 0 amide bonds. The molecule has 1 aliphatic heterocycles. The van der Waals surface area contributed by atoms with Crippen LogP contribution in [0.2, 0.25) is 0 Å². The van der Waals surface area contributed by atoms with E-state index < -0.39 is 20.2 Å². The minimum atomic E-state index is -3.41. The summed E-state index contributed by atoms with van der Waals surface area (Å²) in [6, 6.07) is 0. The molecule has 0 aromatic rings. The number of hydrogen-bond donors (Lipinski definition) is 1. The number of rotatable bonds is 6. The molecule has 108 valence electrons. The van der Waals surface area contributed by atoms with E-state index in [4.69, 9.17) is 0 Å². The van der Waals surface area contributed by atoms with Crippen LogP contribution in [0.1, 0.15) is 19.3 Å². The van der Waals surface area contributed by atoms with Crippen LogP contribution in [-0.4, -0.2) is 64.9 Å². The Morgan fingerprint density at radius 3 is 2.50 bits per heavy atom. The molecule has 0 aromatic heterocycles. The van der Waals surface area contributed by atoms with Gasteiger partial charge in [0.2, 0.25) is 10.0 Å². The third-order valence-corrected chi connectivity index (χ3v) is 6.29. The fourth-order valence-corrected chi connectivity index (χ4v) is 3.98. The quantitative estimate of drug-likeness (QED) is 0.650. The molecular weight excluding hydrogens is 278 g/mol. The molecule has 0 unspecified atom stereocenters. The van der Waals surface area contributed by atoms with Crippen molar-refractivity contribution in [3.8, 4) is 0 Å². The monoisotopic (exact) mass is 299 g/mol. The van der Waals surface area contributed by atoms with Crippen LogP contribution in [0.4, 0.5) is 0 Å². The Labute approximate surface area is 109 Å². The third-order valence-electron chi connectivity index (χ3n) is 2.80. The van der Waals surface area contributed by atoms with Crippen LogP contribution in [0.3, 0.4) is 0 Å². The molecule has 0 saturated carbocycles. The normalized spacial score (nSPS) is 21.3. The molecule has 9 heteroatoms. The summed E-state index contributed by atoms with van der Waals surface area (Å²) in [6.45, 7) is 1.16. The second-order valence-corrected chi connectivity index (χ2v) is 8.52. The van der Waals surface area contributed by atoms with E-state index in [0.717, 1.165) is 10.7 Å². The molecule has 1 fully saturated rings. The molecule has 0 spiro atoms. The zero-order chi connectivity index (χ0) is 13.8. The van der Waals surface area contributed by atoms with Crippen LogP contribution in [0.25, 0.3) is 0 Å². The van der Waals surface area contributed by atoms with Gasteiger partial charge in [-0.05, 0) is 19.3 Å². The molecule has 0 bridgehead atoms. The highest BCUT2D eigenvalue weighted by Crippen LogP contribution is 2.13. The fraction of sp³-hybridized carbons (Fsp3) is 1.00. The highest BCUT2D eigenvalue weighted by Gasteiger charge is 2.25. The van der Waals surface area contributed by atoms with E-state index in [9.17, 15) is 16.8 Å². The molecule has 1 rings (SSSR count). The molecule has 0 aliphatic carbocycles. The van der Waals surface area contributed by atoms with E-state index in [-0.39, 0.29) is 12.3 Å². The Balaban J connectivity index is 2.34. The molecule has 1 N–H and O–H groups in total. The maximum atomic E-state index is 11.7. The zero-order valence-corrected chi connectivity index (χ0v) is 12.4. The SMILES string of the molecule is CN(C)S(=O)(=O)NCCCN1CCCCS1(=O)=O. The van der Waals surface area contributed by atoms with Gasteiger partial charge >= 0.3 is 0 Å². The van der Waals surface area contributed by atoms with Crippen LogP contribution in [0, 0.1) is 0 Å².